The molecule has 6 nitrogen and oxygen atoms in total. The zero-order valence-corrected chi connectivity index (χ0v) is 12.2. The number of urea groups is 1. The first-order chi connectivity index (χ1) is 8.97. The van der Waals surface area contributed by atoms with Crippen molar-refractivity contribution in [3.8, 4) is 5.75 Å². The average molecular weight is 331 g/mol. The number of likely N-dealkylation sites (N-methyl/N-ethyl adjacent to an activating group) is 1. The first kappa shape index (κ1) is 15.3. The van der Waals surface area contributed by atoms with Crippen LogP contribution >= 0.6 is 15.9 Å². The van der Waals surface area contributed by atoms with Crippen molar-refractivity contribution in [2.75, 3.05) is 25.5 Å². The van der Waals surface area contributed by atoms with E-state index in [0.29, 0.717) is 18.0 Å². The third-order valence-electron chi connectivity index (χ3n) is 2.40. The molecule has 1 aromatic carbocycles. The SMILES string of the molecule is CCN(CC(=O)O)C(=O)Nc1ccc(Br)c(OC)c1. The number of anilines is 1. The van der Waals surface area contributed by atoms with Crippen LogP contribution in [0.15, 0.2) is 22.7 Å². The first-order valence-electron chi connectivity index (χ1n) is 5.59. The van der Waals surface area contributed by atoms with E-state index in [-0.39, 0.29) is 6.54 Å². The Balaban J connectivity index is 2.78. The first-order valence-corrected chi connectivity index (χ1v) is 6.38. The number of methoxy groups -OCH3 is 1. The number of benzene rings is 1. The molecule has 0 bridgehead atoms. The topological polar surface area (TPSA) is 78.9 Å². The molecule has 0 aliphatic rings. The minimum absolute atomic E-state index is 0.311. The Hall–Kier alpha value is -1.76. The van der Waals surface area contributed by atoms with E-state index < -0.39 is 12.0 Å². The standard InChI is InChI=1S/C12H15BrN2O4/c1-3-15(7-11(16)17)12(18)14-8-4-5-9(13)10(6-8)19-2/h4-6H,3,7H2,1-2H3,(H,14,18)(H,16,17). The molecule has 1 rings (SSSR count). The van der Waals surface area contributed by atoms with Gasteiger partial charge in [-0.3, -0.25) is 4.79 Å². The maximum atomic E-state index is 11.9. The molecule has 0 unspecified atom stereocenters. The molecule has 0 heterocycles. The van der Waals surface area contributed by atoms with Crippen LogP contribution in [0, 0.1) is 0 Å². The van der Waals surface area contributed by atoms with E-state index in [0.717, 1.165) is 4.47 Å². The van der Waals surface area contributed by atoms with Crippen LogP contribution in [0.3, 0.4) is 0 Å². The van der Waals surface area contributed by atoms with E-state index in [1.54, 1.807) is 25.1 Å². The van der Waals surface area contributed by atoms with E-state index in [1.165, 1.54) is 12.0 Å². The van der Waals surface area contributed by atoms with E-state index in [4.69, 9.17) is 9.84 Å². The highest BCUT2D eigenvalue weighted by molar-refractivity contribution is 9.10. The largest absolute Gasteiger partial charge is 0.495 e. The van der Waals surface area contributed by atoms with Gasteiger partial charge in [0.2, 0.25) is 0 Å². The Morgan fingerprint density at radius 1 is 1.47 bits per heavy atom. The molecule has 0 radical (unpaired) electrons. The van der Waals surface area contributed by atoms with Crippen molar-refractivity contribution in [3.05, 3.63) is 22.7 Å². The molecule has 0 spiro atoms. The summed E-state index contributed by atoms with van der Waals surface area (Å²) in [6.07, 6.45) is 0. The summed E-state index contributed by atoms with van der Waals surface area (Å²) in [5.41, 5.74) is 0.536. The van der Waals surface area contributed by atoms with Crippen LogP contribution in [0.5, 0.6) is 5.75 Å². The molecule has 0 saturated heterocycles. The van der Waals surface area contributed by atoms with Crippen LogP contribution in [-0.2, 0) is 4.79 Å². The highest BCUT2D eigenvalue weighted by Gasteiger charge is 2.15. The van der Waals surface area contributed by atoms with Gasteiger partial charge in [-0.05, 0) is 35.0 Å². The van der Waals surface area contributed by atoms with Crippen LogP contribution in [-0.4, -0.2) is 42.2 Å². The zero-order chi connectivity index (χ0) is 14.4. The predicted molar refractivity (Wildman–Crippen MR) is 74.6 cm³/mol. The van der Waals surface area contributed by atoms with Gasteiger partial charge in [-0.15, -0.1) is 0 Å². The van der Waals surface area contributed by atoms with E-state index in [2.05, 4.69) is 21.2 Å². The molecule has 1 aromatic rings. The Bertz CT molecular complexity index is 479. The molecule has 0 saturated carbocycles. The molecule has 7 heteroatoms. The Kier molecular flexibility index (Phi) is 5.62. The zero-order valence-electron chi connectivity index (χ0n) is 10.6. The van der Waals surface area contributed by atoms with Crippen molar-refractivity contribution in [1.29, 1.82) is 0 Å². The molecular weight excluding hydrogens is 316 g/mol. The summed E-state index contributed by atoms with van der Waals surface area (Å²) in [5, 5.41) is 11.3. The third-order valence-corrected chi connectivity index (χ3v) is 3.05. The van der Waals surface area contributed by atoms with Crippen molar-refractivity contribution >= 4 is 33.6 Å². The number of halogens is 1. The second-order valence-corrected chi connectivity index (χ2v) is 4.54. The summed E-state index contributed by atoms with van der Waals surface area (Å²) in [6.45, 7) is 1.69. The fraction of sp³-hybridized carbons (Fsp3) is 0.333. The van der Waals surface area contributed by atoms with Crippen molar-refractivity contribution in [3.63, 3.8) is 0 Å². The lowest BCUT2D eigenvalue weighted by Crippen LogP contribution is -2.38. The summed E-state index contributed by atoms with van der Waals surface area (Å²) in [6, 6.07) is 4.62. The van der Waals surface area contributed by atoms with E-state index in [9.17, 15) is 9.59 Å². The summed E-state index contributed by atoms with van der Waals surface area (Å²) in [5.74, 6) is -0.468. The third kappa shape index (κ3) is 4.44. The average Bonchev–Trinajstić information content (AvgIpc) is 2.37. The normalized spacial score (nSPS) is 9.84. The number of carbonyl (C=O) groups is 2. The highest BCUT2D eigenvalue weighted by atomic mass is 79.9. The van der Waals surface area contributed by atoms with Crippen LogP contribution in [0.25, 0.3) is 0 Å². The van der Waals surface area contributed by atoms with Crippen LogP contribution < -0.4 is 10.1 Å². The number of carboxylic acid groups (broad SMARTS) is 1. The van der Waals surface area contributed by atoms with Gasteiger partial charge in [-0.1, -0.05) is 0 Å². The number of hydrogen-bond acceptors (Lipinski definition) is 3. The summed E-state index contributed by atoms with van der Waals surface area (Å²) in [4.78, 5) is 23.7. The Morgan fingerprint density at radius 2 is 2.16 bits per heavy atom. The predicted octanol–water partition coefficient (Wildman–Crippen LogP) is 2.40. The molecule has 2 amide bonds. The fourth-order valence-corrected chi connectivity index (χ4v) is 1.84. The molecule has 104 valence electrons. The number of carboxylic acids is 1. The van der Waals surface area contributed by atoms with Gasteiger partial charge in [0.05, 0.1) is 11.6 Å². The lowest BCUT2D eigenvalue weighted by atomic mass is 10.3. The van der Waals surface area contributed by atoms with Crippen molar-refractivity contribution in [2.45, 2.75) is 6.92 Å². The number of nitrogens with zero attached hydrogens (tertiary/aromatic N) is 1. The number of hydrogen-bond donors (Lipinski definition) is 2. The van der Waals surface area contributed by atoms with Gasteiger partial charge in [0.15, 0.2) is 0 Å². The van der Waals surface area contributed by atoms with Crippen molar-refractivity contribution in [1.82, 2.24) is 4.90 Å². The molecule has 19 heavy (non-hydrogen) atoms. The number of ether oxygens (including phenoxy) is 1. The van der Waals surface area contributed by atoms with Gasteiger partial charge in [0.1, 0.15) is 12.3 Å². The maximum absolute atomic E-state index is 11.9. The lowest BCUT2D eigenvalue weighted by Gasteiger charge is -2.19. The van der Waals surface area contributed by atoms with E-state index in [1.807, 2.05) is 0 Å². The van der Waals surface area contributed by atoms with E-state index >= 15 is 0 Å². The molecule has 0 atom stereocenters. The quantitative estimate of drug-likeness (QED) is 0.868. The maximum Gasteiger partial charge on any atom is 0.323 e. The van der Waals surface area contributed by atoms with Gasteiger partial charge in [0, 0.05) is 18.3 Å². The summed E-state index contributed by atoms with van der Waals surface area (Å²) in [7, 11) is 1.52. The smallest absolute Gasteiger partial charge is 0.323 e. The van der Waals surface area contributed by atoms with Crippen LogP contribution in [0.1, 0.15) is 6.92 Å². The number of nitrogens with one attached hydrogen (secondary N) is 1. The lowest BCUT2D eigenvalue weighted by molar-refractivity contribution is -0.137. The summed E-state index contributed by atoms with van der Waals surface area (Å²) >= 11 is 3.31. The monoisotopic (exact) mass is 330 g/mol. The second-order valence-electron chi connectivity index (χ2n) is 3.69. The molecule has 2 N–H and O–H groups in total. The van der Waals surface area contributed by atoms with Gasteiger partial charge < -0.3 is 20.1 Å². The van der Waals surface area contributed by atoms with Gasteiger partial charge >= 0.3 is 12.0 Å². The van der Waals surface area contributed by atoms with Gasteiger partial charge in [0.25, 0.3) is 0 Å². The van der Waals surface area contributed by atoms with Crippen LogP contribution in [0.2, 0.25) is 0 Å². The van der Waals surface area contributed by atoms with Gasteiger partial charge in [-0.25, -0.2) is 4.79 Å². The number of rotatable bonds is 5. The number of amides is 2. The number of carbonyl (C=O) groups excluding carboxylic acids is 1. The minimum Gasteiger partial charge on any atom is -0.495 e. The van der Waals surface area contributed by atoms with Crippen LogP contribution in [0.4, 0.5) is 10.5 Å². The Labute approximate surface area is 119 Å². The Morgan fingerprint density at radius 3 is 2.68 bits per heavy atom. The highest BCUT2D eigenvalue weighted by Crippen LogP contribution is 2.27. The molecule has 0 aromatic heterocycles. The summed E-state index contributed by atoms with van der Waals surface area (Å²) < 4.78 is 5.88. The van der Waals surface area contributed by atoms with Gasteiger partial charge in [-0.2, -0.15) is 0 Å². The minimum atomic E-state index is -1.05. The van der Waals surface area contributed by atoms with Crippen molar-refractivity contribution in [2.24, 2.45) is 0 Å². The second kappa shape index (κ2) is 6.98. The molecular formula is C12H15BrN2O4. The number of aliphatic carboxylic acids is 1. The van der Waals surface area contributed by atoms with Crippen molar-refractivity contribution < 1.29 is 19.4 Å². The molecule has 0 aliphatic carbocycles. The molecule has 0 aliphatic heterocycles. The molecule has 0 fully saturated rings. The fourth-order valence-electron chi connectivity index (χ4n) is 1.43.